The quantitative estimate of drug-likeness (QED) is 0.597. The first-order valence-electron chi connectivity index (χ1n) is 7.65. The number of carbonyl (C=O) groups is 1. The van der Waals surface area contributed by atoms with Gasteiger partial charge in [-0.05, 0) is 30.7 Å². The second-order valence-electron chi connectivity index (χ2n) is 5.45. The Hall–Kier alpha value is -3.29. The van der Waals surface area contributed by atoms with Gasteiger partial charge in [-0.3, -0.25) is 9.20 Å². The lowest BCUT2D eigenvalue weighted by molar-refractivity contribution is 0.0935. The average Bonchev–Trinajstić information content (AvgIpc) is 3.24. The number of benzene rings is 1. The highest BCUT2D eigenvalue weighted by Crippen LogP contribution is 2.17. The molecule has 0 bridgehead atoms. The van der Waals surface area contributed by atoms with E-state index in [1.807, 2.05) is 29.8 Å². The summed E-state index contributed by atoms with van der Waals surface area (Å²) in [7, 11) is 0. The van der Waals surface area contributed by atoms with Gasteiger partial charge in [0.1, 0.15) is 11.0 Å². The Kier molecular flexibility index (Phi) is 3.42. The van der Waals surface area contributed by atoms with Crippen molar-refractivity contribution in [2.75, 3.05) is 0 Å². The van der Waals surface area contributed by atoms with Crippen LogP contribution in [0.3, 0.4) is 0 Å². The van der Waals surface area contributed by atoms with E-state index >= 15 is 0 Å². The van der Waals surface area contributed by atoms with Crippen molar-refractivity contribution >= 4 is 22.7 Å². The third kappa shape index (κ3) is 2.47. The first-order chi connectivity index (χ1) is 11.7. The molecule has 4 aromatic rings. The van der Waals surface area contributed by atoms with E-state index in [1.165, 1.54) is 0 Å². The summed E-state index contributed by atoms with van der Waals surface area (Å²) in [5.41, 5.74) is 2.71. The molecule has 0 saturated heterocycles. The zero-order chi connectivity index (χ0) is 16.5. The van der Waals surface area contributed by atoms with Crippen molar-refractivity contribution in [3.05, 3.63) is 54.1 Å². The maximum Gasteiger partial charge on any atom is 0.251 e. The van der Waals surface area contributed by atoms with Gasteiger partial charge in [-0.1, -0.05) is 6.92 Å². The minimum atomic E-state index is -0.188. The van der Waals surface area contributed by atoms with Gasteiger partial charge in [-0.15, -0.1) is 0 Å². The van der Waals surface area contributed by atoms with E-state index in [9.17, 15) is 4.79 Å². The summed E-state index contributed by atoms with van der Waals surface area (Å²) in [6.07, 6.45) is 6.18. The molecule has 3 aromatic heterocycles. The maximum absolute atomic E-state index is 12.5. The van der Waals surface area contributed by atoms with Crippen LogP contribution in [-0.2, 0) is 0 Å². The number of nitrogens with zero attached hydrogens (tertiary/aromatic N) is 5. The van der Waals surface area contributed by atoms with Crippen LogP contribution in [0.2, 0.25) is 0 Å². The van der Waals surface area contributed by atoms with E-state index in [1.54, 1.807) is 24.4 Å². The van der Waals surface area contributed by atoms with Gasteiger partial charge in [0.05, 0.1) is 11.7 Å². The van der Waals surface area contributed by atoms with Crippen molar-refractivity contribution in [1.29, 1.82) is 0 Å². The molecule has 8 nitrogen and oxygen atoms in total. The van der Waals surface area contributed by atoms with Crippen LogP contribution >= 0.6 is 0 Å². The van der Waals surface area contributed by atoms with Crippen LogP contribution < -0.4 is 5.32 Å². The molecule has 0 aliphatic rings. The van der Waals surface area contributed by atoms with Gasteiger partial charge < -0.3 is 5.32 Å². The molecule has 24 heavy (non-hydrogen) atoms. The fourth-order valence-electron chi connectivity index (χ4n) is 2.62. The second-order valence-corrected chi connectivity index (χ2v) is 5.45. The molecule has 1 atom stereocenters. The van der Waals surface area contributed by atoms with Crippen molar-refractivity contribution in [3.63, 3.8) is 0 Å². The number of carbonyl (C=O) groups excluding carboxylic acids is 1. The molecule has 120 valence electrons. The summed E-state index contributed by atoms with van der Waals surface area (Å²) in [6, 6.07) is 6.87. The molecule has 1 amide bonds. The van der Waals surface area contributed by atoms with Crippen LogP contribution in [0.5, 0.6) is 0 Å². The Balaban J connectivity index is 1.60. The molecule has 4 rings (SSSR count). The highest BCUT2D eigenvalue weighted by atomic mass is 16.1. The Morgan fingerprint density at radius 2 is 2.21 bits per heavy atom. The number of hydrogen-bond acceptors (Lipinski definition) is 5. The zero-order valence-electron chi connectivity index (χ0n) is 13.0. The molecule has 2 N–H and O–H groups in total. The van der Waals surface area contributed by atoms with Gasteiger partial charge in [-0.25, -0.2) is 9.97 Å². The Morgan fingerprint density at radius 3 is 3.04 bits per heavy atom. The topological polar surface area (TPSA) is 101 Å². The van der Waals surface area contributed by atoms with Crippen molar-refractivity contribution in [2.45, 2.75) is 19.4 Å². The molecule has 0 spiro atoms. The van der Waals surface area contributed by atoms with Gasteiger partial charge >= 0.3 is 0 Å². The molecule has 0 fully saturated rings. The molecule has 0 radical (unpaired) electrons. The number of H-pyrrole nitrogens is 1. The number of amides is 1. The molecule has 8 heteroatoms. The number of fused-ring (bicyclic) bond motifs is 2. The molecule has 1 aromatic carbocycles. The minimum Gasteiger partial charge on any atom is -0.344 e. The fourth-order valence-corrected chi connectivity index (χ4v) is 2.62. The number of imidazole rings is 1. The number of rotatable bonds is 4. The van der Waals surface area contributed by atoms with Crippen molar-refractivity contribution in [2.24, 2.45) is 0 Å². The second kappa shape index (κ2) is 5.73. The van der Waals surface area contributed by atoms with Crippen LogP contribution in [0, 0.1) is 0 Å². The Labute approximate surface area is 136 Å². The lowest BCUT2D eigenvalue weighted by Crippen LogP contribution is -2.28. The van der Waals surface area contributed by atoms with Gasteiger partial charge in [0, 0.05) is 24.2 Å². The summed E-state index contributed by atoms with van der Waals surface area (Å²) >= 11 is 0. The first-order valence-corrected chi connectivity index (χ1v) is 7.65. The Morgan fingerprint density at radius 1 is 1.33 bits per heavy atom. The summed E-state index contributed by atoms with van der Waals surface area (Å²) in [6.45, 7) is 2.00. The summed E-state index contributed by atoms with van der Waals surface area (Å²) < 4.78 is 1.84. The smallest absolute Gasteiger partial charge is 0.251 e. The fraction of sp³-hybridized carbons (Fsp3) is 0.188. The average molecular weight is 321 g/mol. The molecule has 0 saturated carbocycles. The molecule has 0 aliphatic carbocycles. The third-order valence-electron chi connectivity index (χ3n) is 3.90. The van der Waals surface area contributed by atoms with E-state index in [0.29, 0.717) is 16.9 Å². The standard InChI is InChI=1S/C16H15N7O/c1-2-11(14-9-23-7-3-6-17-16(23)19-14)18-15(24)10-4-5-12-13(8-10)21-22-20-12/h3-9,11H,2H2,1H3,(H,18,24)(H,20,21,22)/t11-/m0/s1. The Bertz CT molecular complexity index is 986. The molecular weight excluding hydrogens is 306 g/mol. The highest BCUT2D eigenvalue weighted by molar-refractivity contribution is 5.97. The van der Waals surface area contributed by atoms with Crippen LogP contribution in [0.15, 0.2) is 42.9 Å². The van der Waals surface area contributed by atoms with Crippen LogP contribution in [0.25, 0.3) is 16.8 Å². The molecule has 0 unspecified atom stereocenters. The summed E-state index contributed by atoms with van der Waals surface area (Å²) in [5.74, 6) is 0.445. The van der Waals surface area contributed by atoms with Gasteiger partial charge in [-0.2, -0.15) is 15.4 Å². The molecule has 0 aliphatic heterocycles. The number of nitrogens with one attached hydrogen (secondary N) is 2. The largest absolute Gasteiger partial charge is 0.344 e. The van der Waals surface area contributed by atoms with Crippen LogP contribution in [0.1, 0.15) is 35.4 Å². The van der Waals surface area contributed by atoms with E-state index in [-0.39, 0.29) is 11.9 Å². The normalized spacial score (nSPS) is 12.5. The summed E-state index contributed by atoms with van der Waals surface area (Å²) in [5, 5.41) is 13.5. The van der Waals surface area contributed by atoms with Gasteiger partial charge in [0.2, 0.25) is 5.78 Å². The van der Waals surface area contributed by atoms with E-state index in [4.69, 9.17) is 0 Å². The SMILES string of the molecule is CC[C@H](NC(=O)c1ccc2n[nH]nc2c1)c1cn2cccnc2n1. The van der Waals surface area contributed by atoms with Gasteiger partial charge in [0.25, 0.3) is 5.91 Å². The van der Waals surface area contributed by atoms with E-state index in [2.05, 4.69) is 30.7 Å². The predicted octanol–water partition coefficient (Wildman–Crippen LogP) is 1.88. The lowest BCUT2D eigenvalue weighted by atomic mass is 10.1. The van der Waals surface area contributed by atoms with Crippen molar-refractivity contribution in [3.8, 4) is 0 Å². The van der Waals surface area contributed by atoms with Crippen LogP contribution in [0.4, 0.5) is 0 Å². The third-order valence-corrected chi connectivity index (χ3v) is 3.90. The van der Waals surface area contributed by atoms with E-state index < -0.39 is 0 Å². The summed E-state index contributed by atoms with van der Waals surface area (Å²) in [4.78, 5) is 21.2. The maximum atomic E-state index is 12.5. The monoisotopic (exact) mass is 321 g/mol. The number of aromatic amines is 1. The minimum absolute atomic E-state index is 0.170. The van der Waals surface area contributed by atoms with Gasteiger partial charge in [0.15, 0.2) is 0 Å². The lowest BCUT2D eigenvalue weighted by Gasteiger charge is -2.14. The molecule has 3 heterocycles. The number of aromatic nitrogens is 6. The van der Waals surface area contributed by atoms with Crippen LogP contribution in [-0.4, -0.2) is 35.7 Å². The van der Waals surface area contributed by atoms with Crippen molar-refractivity contribution < 1.29 is 4.79 Å². The molecular formula is C16H15N7O. The van der Waals surface area contributed by atoms with Crippen molar-refractivity contribution in [1.82, 2.24) is 35.1 Å². The zero-order valence-corrected chi connectivity index (χ0v) is 13.0. The van der Waals surface area contributed by atoms with E-state index in [0.717, 1.165) is 17.6 Å². The first kappa shape index (κ1) is 14.3. The number of hydrogen-bond donors (Lipinski definition) is 2. The highest BCUT2D eigenvalue weighted by Gasteiger charge is 2.18. The predicted molar refractivity (Wildman–Crippen MR) is 87.4 cm³/mol.